The third kappa shape index (κ3) is 3.04. The highest BCUT2D eigenvalue weighted by Gasteiger charge is 2.25. The van der Waals surface area contributed by atoms with Crippen LogP contribution in [0.25, 0.3) is 10.1 Å². The fourth-order valence-corrected chi connectivity index (χ4v) is 4.36. The average molecular weight is 343 g/mol. The molecule has 2 atom stereocenters. The van der Waals surface area contributed by atoms with Crippen LogP contribution >= 0.6 is 34.5 Å². The lowest BCUT2D eigenvalue weighted by atomic mass is 10.00. The third-order valence-corrected chi connectivity index (χ3v) is 5.77. The summed E-state index contributed by atoms with van der Waals surface area (Å²) in [7, 11) is 0. The van der Waals surface area contributed by atoms with Gasteiger partial charge in [0.25, 0.3) is 5.91 Å². The zero-order chi connectivity index (χ0) is 15.0. The van der Waals surface area contributed by atoms with E-state index < -0.39 is 0 Å². The molecular weight excluding hydrogens is 327 g/mol. The van der Waals surface area contributed by atoms with Gasteiger partial charge < -0.3 is 10.6 Å². The van der Waals surface area contributed by atoms with Gasteiger partial charge >= 0.3 is 0 Å². The number of rotatable bonds is 2. The summed E-state index contributed by atoms with van der Waals surface area (Å²) in [4.78, 5) is 13.0. The van der Waals surface area contributed by atoms with E-state index in [1.807, 2.05) is 12.1 Å². The standard InChI is InChI=1S/C15H16Cl2N2OS/c1-8-11(3-2-6-18-8)19-15(20)14-13(17)10-5-4-9(16)7-12(10)21-14/h4-5,7-8,11,18H,2-3,6H2,1H3,(H,19,20). The van der Waals surface area contributed by atoms with Crippen LogP contribution in [0.1, 0.15) is 29.4 Å². The maximum atomic E-state index is 12.5. The van der Waals surface area contributed by atoms with Gasteiger partial charge in [0.2, 0.25) is 0 Å². The maximum absolute atomic E-state index is 12.5. The summed E-state index contributed by atoms with van der Waals surface area (Å²) in [6.07, 6.45) is 2.07. The first-order chi connectivity index (χ1) is 10.1. The van der Waals surface area contributed by atoms with Crippen LogP contribution < -0.4 is 10.6 Å². The molecule has 0 bridgehead atoms. The van der Waals surface area contributed by atoms with Crippen molar-refractivity contribution in [2.75, 3.05) is 6.54 Å². The van der Waals surface area contributed by atoms with Crippen molar-refractivity contribution in [3.05, 3.63) is 33.1 Å². The molecule has 21 heavy (non-hydrogen) atoms. The van der Waals surface area contributed by atoms with Gasteiger partial charge in [0, 0.05) is 27.2 Å². The normalized spacial score (nSPS) is 22.4. The molecule has 0 radical (unpaired) electrons. The van der Waals surface area contributed by atoms with Gasteiger partial charge in [-0.3, -0.25) is 4.79 Å². The van der Waals surface area contributed by atoms with Crippen molar-refractivity contribution in [3.8, 4) is 0 Å². The van der Waals surface area contributed by atoms with Gasteiger partial charge in [-0.25, -0.2) is 0 Å². The molecule has 0 saturated carbocycles. The Morgan fingerprint density at radius 1 is 1.43 bits per heavy atom. The minimum absolute atomic E-state index is 0.0992. The second-order valence-corrected chi connectivity index (χ2v) is 7.22. The van der Waals surface area contributed by atoms with E-state index in [4.69, 9.17) is 23.2 Å². The second-order valence-electron chi connectivity index (χ2n) is 5.35. The zero-order valence-electron chi connectivity index (χ0n) is 11.6. The number of halogens is 2. The van der Waals surface area contributed by atoms with E-state index in [9.17, 15) is 4.79 Å². The first-order valence-corrected chi connectivity index (χ1v) is 8.55. The molecule has 2 N–H and O–H groups in total. The molecule has 2 aromatic rings. The van der Waals surface area contributed by atoms with Gasteiger partial charge in [-0.05, 0) is 38.4 Å². The topological polar surface area (TPSA) is 41.1 Å². The molecule has 112 valence electrons. The lowest BCUT2D eigenvalue weighted by Gasteiger charge is -2.30. The number of fused-ring (bicyclic) bond motifs is 1. The Hall–Kier alpha value is -0.810. The highest BCUT2D eigenvalue weighted by molar-refractivity contribution is 7.21. The smallest absolute Gasteiger partial charge is 0.263 e. The molecular formula is C15H16Cl2N2OS. The molecule has 3 rings (SSSR count). The molecule has 1 saturated heterocycles. The Kier molecular flexibility index (Phi) is 4.41. The fourth-order valence-electron chi connectivity index (χ4n) is 2.66. The summed E-state index contributed by atoms with van der Waals surface area (Å²) in [6.45, 7) is 3.10. The first-order valence-electron chi connectivity index (χ1n) is 6.98. The summed E-state index contributed by atoms with van der Waals surface area (Å²) in [6, 6.07) is 5.92. The summed E-state index contributed by atoms with van der Waals surface area (Å²) >= 11 is 13.7. The van der Waals surface area contributed by atoms with Gasteiger partial charge in [0.15, 0.2) is 0 Å². The fraction of sp³-hybridized carbons (Fsp3) is 0.400. The number of hydrogen-bond donors (Lipinski definition) is 2. The van der Waals surface area contributed by atoms with E-state index in [1.165, 1.54) is 11.3 Å². The monoisotopic (exact) mass is 342 g/mol. The average Bonchev–Trinajstić information content (AvgIpc) is 2.78. The number of piperidine rings is 1. The summed E-state index contributed by atoms with van der Waals surface area (Å²) in [5.41, 5.74) is 0. The molecule has 1 aromatic heterocycles. The highest BCUT2D eigenvalue weighted by atomic mass is 35.5. The van der Waals surface area contributed by atoms with E-state index in [1.54, 1.807) is 6.07 Å². The molecule has 1 aliphatic heterocycles. The van der Waals surface area contributed by atoms with Crippen molar-refractivity contribution >= 4 is 50.5 Å². The van der Waals surface area contributed by atoms with Gasteiger partial charge in [-0.1, -0.05) is 29.3 Å². The second kappa shape index (κ2) is 6.13. The SMILES string of the molecule is CC1NCCCC1NC(=O)c1sc2cc(Cl)ccc2c1Cl. The predicted molar refractivity (Wildman–Crippen MR) is 89.8 cm³/mol. The number of nitrogens with one attached hydrogen (secondary N) is 2. The number of amides is 1. The first kappa shape index (κ1) is 15.1. The zero-order valence-corrected chi connectivity index (χ0v) is 13.9. The summed E-state index contributed by atoms with van der Waals surface area (Å²) in [5.74, 6) is -0.0992. The van der Waals surface area contributed by atoms with Gasteiger partial charge in [-0.2, -0.15) is 0 Å². The molecule has 6 heteroatoms. The highest BCUT2D eigenvalue weighted by Crippen LogP contribution is 2.36. The lowest BCUT2D eigenvalue weighted by molar-refractivity contribution is 0.0924. The van der Waals surface area contributed by atoms with Gasteiger partial charge in [0.05, 0.1) is 5.02 Å². The van der Waals surface area contributed by atoms with Crippen molar-refractivity contribution in [2.24, 2.45) is 0 Å². The van der Waals surface area contributed by atoms with E-state index >= 15 is 0 Å². The van der Waals surface area contributed by atoms with E-state index in [0.717, 1.165) is 29.5 Å². The number of hydrogen-bond acceptors (Lipinski definition) is 3. The summed E-state index contributed by atoms with van der Waals surface area (Å²) < 4.78 is 0.937. The van der Waals surface area contributed by atoms with E-state index in [-0.39, 0.29) is 18.0 Å². The van der Waals surface area contributed by atoms with Crippen LogP contribution in [0.3, 0.4) is 0 Å². The minimum atomic E-state index is -0.0992. The summed E-state index contributed by atoms with van der Waals surface area (Å²) in [5, 5.41) is 8.51. The molecule has 1 aliphatic rings. The molecule has 0 spiro atoms. The van der Waals surface area contributed by atoms with Gasteiger partial charge in [0.1, 0.15) is 4.88 Å². The van der Waals surface area contributed by atoms with Crippen LogP contribution in [0, 0.1) is 0 Å². The Morgan fingerprint density at radius 3 is 3.00 bits per heavy atom. The van der Waals surface area contributed by atoms with Gasteiger partial charge in [-0.15, -0.1) is 11.3 Å². The Labute approximate surface area is 137 Å². The Morgan fingerprint density at radius 2 is 2.24 bits per heavy atom. The van der Waals surface area contributed by atoms with E-state index in [2.05, 4.69) is 17.6 Å². The molecule has 3 nitrogen and oxygen atoms in total. The number of carbonyl (C=O) groups excluding carboxylic acids is 1. The number of carbonyl (C=O) groups is 1. The molecule has 2 heterocycles. The van der Waals surface area contributed by atoms with Crippen molar-refractivity contribution in [2.45, 2.75) is 31.8 Å². The van der Waals surface area contributed by atoms with Crippen molar-refractivity contribution in [3.63, 3.8) is 0 Å². The molecule has 1 amide bonds. The van der Waals surface area contributed by atoms with Crippen molar-refractivity contribution in [1.29, 1.82) is 0 Å². The van der Waals surface area contributed by atoms with Crippen LogP contribution in [0.4, 0.5) is 0 Å². The predicted octanol–water partition coefficient (Wildman–Crippen LogP) is 4.08. The number of benzene rings is 1. The minimum Gasteiger partial charge on any atom is -0.347 e. The molecule has 1 aromatic carbocycles. The van der Waals surface area contributed by atoms with Crippen LogP contribution in [-0.4, -0.2) is 24.5 Å². The van der Waals surface area contributed by atoms with E-state index in [0.29, 0.717) is 14.9 Å². The molecule has 0 aliphatic carbocycles. The largest absolute Gasteiger partial charge is 0.347 e. The van der Waals surface area contributed by atoms with Crippen molar-refractivity contribution < 1.29 is 4.79 Å². The van der Waals surface area contributed by atoms with Crippen LogP contribution in [0.2, 0.25) is 10.0 Å². The lowest BCUT2D eigenvalue weighted by Crippen LogP contribution is -2.51. The van der Waals surface area contributed by atoms with Crippen LogP contribution in [0.15, 0.2) is 18.2 Å². The molecule has 1 fully saturated rings. The molecule has 2 unspecified atom stereocenters. The quantitative estimate of drug-likeness (QED) is 0.863. The van der Waals surface area contributed by atoms with Crippen molar-refractivity contribution in [1.82, 2.24) is 10.6 Å². The third-order valence-electron chi connectivity index (χ3n) is 3.88. The maximum Gasteiger partial charge on any atom is 0.263 e. The number of thiophene rings is 1. The Balaban J connectivity index is 1.85. The Bertz CT molecular complexity index is 686. The van der Waals surface area contributed by atoms with Crippen LogP contribution in [0.5, 0.6) is 0 Å². The van der Waals surface area contributed by atoms with Crippen LogP contribution in [-0.2, 0) is 0 Å².